The molecule has 1 aliphatic heterocycles. The molecule has 0 atom stereocenters. The van der Waals surface area contributed by atoms with Crippen molar-refractivity contribution >= 4 is 16.9 Å². The average Bonchev–Trinajstić information content (AvgIpc) is 3.21. The van der Waals surface area contributed by atoms with Crippen molar-refractivity contribution in [2.24, 2.45) is 0 Å². The predicted molar refractivity (Wildman–Crippen MR) is 119 cm³/mol. The van der Waals surface area contributed by atoms with Gasteiger partial charge in [-0.25, -0.2) is 8.78 Å². The monoisotopic (exact) mass is 432 g/mol. The number of rotatable bonds is 4. The number of carbonyl (C=O) groups excluding carboxylic acids is 1. The van der Waals surface area contributed by atoms with E-state index in [9.17, 15) is 13.6 Å². The lowest BCUT2D eigenvalue weighted by atomic mass is 10.0. The summed E-state index contributed by atoms with van der Waals surface area (Å²) >= 11 is 0. The number of hydrogen-bond donors (Lipinski definition) is 0. The van der Waals surface area contributed by atoms with Crippen LogP contribution in [0, 0.1) is 11.6 Å². The zero-order valence-electron chi connectivity index (χ0n) is 17.4. The van der Waals surface area contributed by atoms with Crippen LogP contribution >= 0.6 is 0 Å². The minimum Gasteiger partial charge on any atom is -0.460 e. The second-order valence-electron chi connectivity index (χ2n) is 8.05. The van der Waals surface area contributed by atoms with Crippen LogP contribution in [0.5, 0.6) is 0 Å². The molecule has 32 heavy (non-hydrogen) atoms. The molecule has 1 saturated heterocycles. The SMILES string of the molecule is O=C(c1ccc(F)cc1)N1CCN(Cc2cc3cc(-c4cccc(F)c4)ccc3o2)CC1. The van der Waals surface area contributed by atoms with E-state index in [1.165, 1.54) is 36.4 Å². The van der Waals surface area contributed by atoms with Gasteiger partial charge in [-0.2, -0.15) is 0 Å². The molecule has 1 aliphatic rings. The molecule has 0 N–H and O–H groups in total. The van der Waals surface area contributed by atoms with E-state index >= 15 is 0 Å². The largest absolute Gasteiger partial charge is 0.460 e. The minimum atomic E-state index is -0.347. The highest BCUT2D eigenvalue weighted by molar-refractivity contribution is 5.94. The first-order valence-corrected chi connectivity index (χ1v) is 10.6. The molecule has 1 aromatic heterocycles. The maximum atomic E-state index is 13.6. The van der Waals surface area contributed by atoms with E-state index in [1.54, 1.807) is 11.0 Å². The molecule has 0 aliphatic carbocycles. The highest BCUT2D eigenvalue weighted by Gasteiger charge is 2.23. The fraction of sp³-hybridized carbons (Fsp3) is 0.192. The van der Waals surface area contributed by atoms with Gasteiger partial charge in [-0.1, -0.05) is 18.2 Å². The van der Waals surface area contributed by atoms with E-state index < -0.39 is 0 Å². The van der Waals surface area contributed by atoms with Crippen molar-refractivity contribution in [1.82, 2.24) is 9.80 Å². The van der Waals surface area contributed by atoms with Crippen molar-refractivity contribution in [3.8, 4) is 11.1 Å². The van der Waals surface area contributed by atoms with Gasteiger partial charge in [-0.3, -0.25) is 9.69 Å². The van der Waals surface area contributed by atoms with Gasteiger partial charge < -0.3 is 9.32 Å². The van der Waals surface area contributed by atoms with Crippen LogP contribution in [0.4, 0.5) is 8.78 Å². The lowest BCUT2D eigenvalue weighted by molar-refractivity contribution is 0.0621. The van der Waals surface area contributed by atoms with Crippen LogP contribution in [0.15, 0.2) is 77.2 Å². The summed E-state index contributed by atoms with van der Waals surface area (Å²) in [5, 5.41) is 0.979. The molecule has 0 saturated carbocycles. The maximum absolute atomic E-state index is 13.6. The van der Waals surface area contributed by atoms with Crippen LogP contribution < -0.4 is 0 Å². The Bertz CT molecular complexity index is 1260. The Kier molecular flexibility index (Phi) is 5.45. The van der Waals surface area contributed by atoms with Gasteiger partial charge in [0.1, 0.15) is 23.0 Å². The molecule has 1 fully saturated rings. The van der Waals surface area contributed by atoms with Crippen LogP contribution in [0.1, 0.15) is 16.1 Å². The summed E-state index contributed by atoms with van der Waals surface area (Å²) in [5.74, 6) is 0.181. The first kappa shape index (κ1) is 20.4. The average molecular weight is 432 g/mol. The molecule has 0 radical (unpaired) electrons. The van der Waals surface area contributed by atoms with Crippen molar-refractivity contribution < 1.29 is 18.0 Å². The highest BCUT2D eigenvalue weighted by Crippen LogP contribution is 2.28. The molecule has 0 bridgehead atoms. The summed E-state index contributed by atoms with van der Waals surface area (Å²) in [6, 6.07) is 20.1. The Hall–Kier alpha value is -3.51. The Labute approximate surface area is 184 Å². The van der Waals surface area contributed by atoms with Gasteiger partial charge in [0, 0.05) is 37.1 Å². The van der Waals surface area contributed by atoms with Gasteiger partial charge in [0.05, 0.1) is 6.54 Å². The summed E-state index contributed by atoms with van der Waals surface area (Å²) in [5.41, 5.74) is 3.07. The number of amides is 1. The van der Waals surface area contributed by atoms with Crippen LogP contribution in [0.3, 0.4) is 0 Å². The van der Waals surface area contributed by atoms with E-state index in [0.29, 0.717) is 25.2 Å². The molecule has 4 aromatic rings. The van der Waals surface area contributed by atoms with Crippen LogP contribution in [-0.4, -0.2) is 41.9 Å². The molecular formula is C26H22F2N2O2. The van der Waals surface area contributed by atoms with Crippen LogP contribution in [0.2, 0.25) is 0 Å². The van der Waals surface area contributed by atoms with E-state index in [0.717, 1.165) is 40.9 Å². The zero-order chi connectivity index (χ0) is 22.1. The summed E-state index contributed by atoms with van der Waals surface area (Å²) in [4.78, 5) is 16.7. The Balaban J connectivity index is 1.23. The molecule has 5 rings (SSSR count). The summed E-state index contributed by atoms with van der Waals surface area (Å²) in [6.45, 7) is 3.35. The first-order valence-electron chi connectivity index (χ1n) is 10.6. The minimum absolute atomic E-state index is 0.0711. The molecule has 0 spiro atoms. The smallest absolute Gasteiger partial charge is 0.253 e. The second kappa shape index (κ2) is 8.55. The fourth-order valence-electron chi connectivity index (χ4n) is 4.13. The van der Waals surface area contributed by atoms with Crippen molar-refractivity contribution in [1.29, 1.82) is 0 Å². The van der Waals surface area contributed by atoms with Gasteiger partial charge in [-0.05, 0) is 65.7 Å². The van der Waals surface area contributed by atoms with Crippen LogP contribution in [0.25, 0.3) is 22.1 Å². The summed E-state index contributed by atoms with van der Waals surface area (Å²) < 4.78 is 32.7. The van der Waals surface area contributed by atoms with E-state index in [4.69, 9.17) is 4.42 Å². The summed E-state index contributed by atoms with van der Waals surface area (Å²) in [6.07, 6.45) is 0. The number of hydrogen-bond acceptors (Lipinski definition) is 3. The molecule has 162 valence electrons. The number of fused-ring (bicyclic) bond motifs is 1. The number of halogens is 2. The van der Waals surface area contributed by atoms with Gasteiger partial charge in [0.15, 0.2) is 0 Å². The number of benzene rings is 3. The molecule has 4 nitrogen and oxygen atoms in total. The van der Waals surface area contributed by atoms with E-state index in [2.05, 4.69) is 4.90 Å². The van der Waals surface area contributed by atoms with Crippen molar-refractivity contribution in [2.75, 3.05) is 26.2 Å². The Morgan fingerprint density at radius 2 is 1.56 bits per heavy atom. The quantitative estimate of drug-likeness (QED) is 0.437. The van der Waals surface area contributed by atoms with Gasteiger partial charge in [0.25, 0.3) is 5.91 Å². The third-order valence-electron chi connectivity index (χ3n) is 5.86. The van der Waals surface area contributed by atoms with E-state index in [-0.39, 0.29) is 17.5 Å². The standard InChI is InChI=1S/C26H22F2N2O2/c27-22-7-4-18(5-8-22)26(31)30-12-10-29(11-13-30)17-24-16-21-14-20(6-9-25(21)32-24)19-2-1-3-23(28)15-19/h1-9,14-16H,10-13,17H2. The Morgan fingerprint density at radius 3 is 2.31 bits per heavy atom. The van der Waals surface area contributed by atoms with Gasteiger partial charge in [-0.15, -0.1) is 0 Å². The molecule has 6 heteroatoms. The number of carbonyl (C=O) groups is 1. The first-order chi connectivity index (χ1) is 15.5. The maximum Gasteiger partial charge on any atom is 0.253 e. The molecule has 1 amide bonds. The lowest BCUT2D eigenvalue weighted by Crippen LogP contribution is -2.48. The van der Waals surface area contributed by atoms with Crippen molar-refractivity contribution in [2.45, 2.75) is 6.54 Å². The van der Waals surface area contributed by atoms with Gasteiger partial charge in [0.2, 0.25) is 0 Å². The number of nitrogens with zero attached hydrogens (tertiary/aromatic N) is 2. The topological polar surface area (TPSA) is 36.7 Å². The molecular weight excluding hydrogens is 410 g/mol. The number of furan rings is 1. The number of piperazine rings is 1. The molecule has 2 heterocycles. The zero-order valence-corrected chi connectivity index (χ0v) is 17.4. The van der Waals surface area contributed by atoms with Crippen molar-refractivity contribution in [3.63, 3.8) is 0 Å². The highest BCUT2D eigenvalue weighted by atomic mass is 19.1. The fourth-order valence-corrected chi connectivity index (χ4v) is 4.13. The third-order valence-corrected chi connectivity index (χ3v) is 5.86. The van der Waals surface area contributed by atoms with Gasteiger partial charge >= 0.3 is 0 Å². The molecule has 3 aromatic carbocycles. The molecule has 0 unspecified atom stereocenters. The summed E-state index contributed by atoms with van der Waals surface area (Å²) in [7, 11) is 0. The third kappa shape index (κ3) is 4.27. The van der Waals surface area contributed by atoms with E-state index in [1.807, 2.05) is 30.3 Å². The van der Waals surface area contributed by atoms with Crippen LogP contribution in [-0.2, 0) is 6.54 Å². The normalized spacial score (nSPS) is 14.8. The second-order valence-corrected chi connectivity index (χ2v) is 8.05. The van der Waals surface area contributed by atoms with Crippen molar-refractivity contribution in [3.05, 3.63) is 95.8 Å². The lowest BCUT2D eigenvalue weighted by Gasteiger charge is -2.34. The Morgan fingerprint density at radius 1 is 0.812 bits per heavy atom. The predicted octanol–water partition coefficient (Wildman–Crippen LogP) is 5.34.